The lowest BCUT2D eigenvalue weighted by Crippen LogP contribution is -2.39. The zero-order valence-corrected chi connectivity index (χ0v) is 13.1. The number of rotatable bonds is 7. The summed E-state index contributed by atoms with van der Waals surface area (Å²) in [5.41, 5.74) is 0. The van der Waals surface area contributed by atoms with Gasteiger partial charge in [0.05, 0.1) is 12.3 Å². The average molecular weight is 300 g/mol. The number of imidazole rings is 1. The zero-order valence-electron chi connectivity index (χ0n) is 12.2. The molecule has 2 heterocycles. The maximum Gasteiger partial charge on any atom is 0.214 e. The molecule has 20 heavy (non-hydrogen) atoms. The summed E-state index contributed by atoms with van der Waals surface area (Å²) in [6.45, 7) is 6.70. The minimum atomic E-state index is -3.15. The summed E-state index contributed by atoms with van der Waals surface area (Å²) in [5, 5.41) is 3.30. The van der Waals surface area contributed by atoms with Gasteiger partial charge in [-0.1, -0.05) is 13.8 Å². The molecule has 1 aliphatic heterocycles. The molecule has 1 N–H and O–H groups in total. The summed E-state index contributed by atoms with van der Waals surface area (Å²) < 4.78 is 28.1. The molecule has 0 aliphatic carbocycles. The van der Waals surface area contributed by atoms with Crippen molar-refractivity contribution in [3.05, 3.63) is 18.2 Å². The molecule has 6 nitrogen and oxygen atoms in total. The molecule has 0 radical (unpaired) electrons. The second kappa shape index (κ2) is 6.69. The first-order chi connectivity index (χ1) is 9.49. The van der Waals surface area contributed by atoms with E-state index in [1.807, 2.05) is 10.8 Å². The second-order valence-corrected chi connectivity index (χ2v) is 7.59. The van der Waals surface area contributed by atoms with Gasteiger partial charge in [-0.2, -0.15) is 4.31 Å². The van der Waals surface area contributed by atoms with Crippen LogP contribution in [0.2, 0.25) is 0 Å². The number of nitrogens with one attached hydrogen (secondary N) is 1. The van der Waals surface area contributed by atoms with Gasteiger partial charge in [-0.05, 0) is 19.4 Å². The van der Waals surface area contributed by atoms with Crippen LogP contribution < -0.4 is 5.32 Å². The molecular formula is C13H24N4O2S. The molecular weight excluding hydrogens is 276 g/mol. The fraction of sp³-hybridized carbons (Fsp3) is 0.769. The number of unbranched alkanes of at least 4 members (excludes halogenated alkanes) is 1. The minimum Gasteiger partial charge on any atom is -0.333 e. The fourth-order valence-corrected chi connectivity index (χ4v) is 3.82. The number of fused-ring (bicyclic) bond motifs is 1. The van der Waals surface area contributed by atoms with Gasteiger partial charge in [-0.25, -0.2) is 13.4 Å². The van der Waals surface area contributed by atoms with Gasteiger partial charge in [0.25, 0.3) is 0 Å². The van der Waals surface area contributed by atoms with Gasteiger partial charge in [-0.3, -0.25) is 0 Å². The van der Waals surface area contributed by atoms with Crippen LogP contribution in [0.25, 0.3) is 0 Å². The Bertz CT molecular complexity index is 524. The van der Waals surface area contributed by atoms with Crippen LogP contribution in [-0.2, 0) is 23.1 Å². The molecule has 0 bridgehead atoms. The Labute approximate surface area is 121 Å². The average Bonchev–Trinajstić information content (AvgIpc) is 2.85. The Morgan fingerprint density at radius 1 is 1.35 bits per heavy atom. The third-order valence-corrected chi connectivity index (χ3v) is 5.39. The van der Waals surface area contributed by atoms with Gasteiger partial charge in [0.2, 0.25) is 10.0 Å². The number of sulfonamides is 1. The van der Waals surface area contributed by atoms with Crippen molar-refractivity contribution >= 4 is 10.0 Å². The molecule has 0 fully saturated rings. The Morgan fingerprint density at radius 3 is 2.90 bits per heavy atom. The van der Waals surface area contributed by atoms with Crippen LogP contribution in [0.15, 0.2) is 12.4 Å². The molecule has 2 rings (SSSR count). The predicted octanol–water partition coefficient (Wildman–Crippen LogP) is 0.807. The first-order valence-electron chi connectivity index (χ1n) is 7.20. The molecule has 1 aliphatic rings. The molecule has 1 aromatic heterocycles. The topological polar surface area (TPSA) is 67.2 Å². The van der Waals surface area contributed by atoms with Crippen molar-refractivity contribution in [1.82, 2.24) is 19.2 Å². The summed E-state index contributed by atoms with van der Waals surface area (Å²) in [7, 11) is -3.15. The number of hydrogen-bond donors (Lipinski definition) is 1. The normalized spacial score (nSPS) is 16.6. The van der Waals surface area contributed by atoms with Crippen molar-refractivity contribution in [1.29, 1.82) is 0 Å². The van der Waals surface area contributed by atoms with E-state index in [2.05, 4.69) is 24.1 Å². The highest BCUT2D eigenvalue weighted by atomic mass is 32.2. The summed E-state index contributed by atoms with van der Waals surface area (Å²) in [6.07, 6.45) is 5.22. The van der Waals surface area contributed by atoms with Crippen LogP contribution in [0, 0.1) is 0 Å². The number of aromatic nitrogens is 2. The van der Waals surface area contributed by atoms with Crippen molar-refractivity contribution in [3.63, 3.8) is 0 Å². The first-order valence-corrected chi connectivity index (χ1v) is 8.81. The van der Waals surface area contributed by atoms with E-state index in [0.29, 0.717) is 32.1 Å². The highest BCUT2D eigenvalue weighted by molar-refractivity contribution is 7.89. The van der Waals surface area contributed by atoms with Crippen molar-refractivity contribution in [2.75, 3.05) is 18.8 Å². The van der Waals surface area contributed by atoms with E-state index in [1.54, 1.807) is 10.5 Å². The summed E-state index contributed by atoms with van der Waals surface area (Å²) in [4.78, 5) is 4.20. The van der Waals surface area contributed by atoms with Crippen molar-refractivity contribution in [2.45, 2.75) is 45.8 Å². The van der Waals surface area contributed by atoms with Crippen molar-refractivity contribution in [2.24, 2.45) is 0 Å². The van der Waals surface area contributed by atoms with E-state index in [1.165, 1.54) is 0 Å². The molecule has 114 valence electrons. The lowest BCUT2D eigenvalue weighted by Gasteiger charge is -2.26. The van der Waals surface area contributed by atoms with Crippen molar-refractivity contribution in [3.8, 4) is 0 Å². The molecule has 0 amide bonds. The first kappa shape index (κ1) is 15.5. The number of hydrogen-bond acceptors (Lipinski definition) is 4. The SMILES string of the molecule is CC(C)NCCCCS(=O)(=O)N1CCn2ccnc2C1. The summed E-state index contributed by atoms with van der Waals surface area (Å²) >= 11 is 0. The van der Waals surface area contributed by atoms with Gasteiger partial charge in [0, 0.05) is 31.5 Å². The highest BCUT2D eigenvalue weighted by Crippen LogP contribution is 2.15. The van der Waals surface area contributed by atoms with E-state index in [9.17, 15) is 8.42 Å². The molecule has 0 atom stereocenters. The Hall–Kier alpha value is -0.920. The summed E-state index contributed by atoms with van der Waals surface area (Å²) in [5.74, 6) is 1.06. The lowest BCUT2D eigenvalue weighted by atomic mass is 10.3. The molecule has 7 heteroatoms. The summed E-state index contributed by atoms with van der Waals surface area (Å²) in [6, 6.07) is 0.451. The molecule has 0 aromatic carbocycles. The molecule has 1 aromatic rings. The standard InChI is InChI=1S/C13H24N4O2S/c1-12(2)14-5-3-4-10-20(18,19)17-9-8-16-7-6-15-13(16)11-17/h6-7,12,14H,3-5,8-11H2,1-2H3. The van der Waals surface area contributed by atoms with Crippen LogP contribution in [0.3, 0.4) is 0 Å². The molecule has 0 unspecified atom stereocenters. The maximum atomic E-state index is 12.3. The van der Waals surface area contributed by atoms with Crippen LogP contribution in [-0.4, -0.2) is 47.2 Å². The quantitative estimate of drug-likeness (QED) is 0.757. The zero-order chi connectivity index (χ0) is 14.6. The van der Waals surface area contributed by atoms with Crippen LogP contribution >= 0.6 is 0 Å². The second-order valence-electron chi connectivity index (χ2n) is 5.50. The van der Waals surface area contributed by atoms with Gasteiger partial charge in [0.15, 0.2) is 0 Å². The maximum absolute atomic E-state index is 12.3. The third-order valence-electron chi connectivity index (χ3n) is 3.48. The van der Waals surface area contributed by atoms with E-state index < -0.39 is 10.0 Å². The van der Waals surface area contributed by atoms with Gasteiger partial charge >= 0.3 is 0 Å². The van der Waals surface area contributed by atoms with Gasteiger partial charge in [0.1, 0.15) is 5.82 Å². The molecule has 0 saturated carbocycles. The predicted molar refractivity (Wildman–Crippen MR) is 78.8 cm³/mol. The molecule has 0 spiro atoms. The van der Waals surface area contributed by atoms with E-state index in [-0.39, 0.29) is 5.75 Å². The monoisotopic (exact) mass is 300 g/mol. The smallest absolute Gasteiger partial charge is 0.214 e. The van der Waals surface area contributed by atoms with Crippen LogP contribution in [0.1, 0.15) is 32.5 Å². The van der Waals surface area contributed by atoms with Gasteiger partial charge < -0.3 is 9.88 Å². The van der Waals surface area contributed by atoms with E-state index in [4.69, 9.17) is 0 Å². The van der Waals surface area contributed by atoms with E-state index in [0.717, 1.165) is 18.8 Å². The van der Waals surface area contributed by atoms with Crippen molar-refractivity contribution < 1.29 is 8.42 Å². The largest absolute Gasteiger partial charge is 0.333 e. The van der Waals surface area contributed by atoms with Crippen LogP contribution in [0.5, 0.6) is 0 Å². The Morgan fingerprint density at radius 2 is 2.15 bits per heavy atom. The minimum absolute atomic E-state index is 0.230. The van der Waals surface area contributed by atoms with Gasteiger partial charge in [-0.15, -0.1) is 0 Å². The Kier molecular flexibility index (Phi) is 5.17. The fourth-order valence-electron chi connectivity index (χ4n) is 2.32. The lowest BCUT2D eigenvalue weighted by molar-refractivity contribution is 0.335. The number of nitrogens with zero attached hydrogens (tertiary/aromatic N) is 3. The molecule has 0 saturated heterocycles. The highest BCUT2D eigenvalue weighted by Gasteiger charge is 2.26. The third kappa shape index (κ3) is 4.04. The van der Waals surface area contributed by atoms with Crippen LogP contribution in [0.4, 0.5) is 0 Å². The Balaban J connectivity index is 1.79. The van der Waals surface area contributed by atoms with E-state index >= 15 is 0 Å².